The zero-order valence-electron chi connectivity index (χ0n) is 11.2. The summed E-state index contributed by atoms with van der Waals surface area (Å²) in [6.07, 6.45) is 0. The van der Waals surface area contributed by atoms with Crippen LogP contribution in [0, 0.1) is 0 Å². The number of nitrogens with one attached hydrogen (secondary N) is 1. The van der Waals surface area contributed by atoms with Gasteiger partial charge in [-0.15, -0.1) is 0 Å². The van der Waals surface area contributed by atoms with Crippen molar-refractivity contribution < 1.29 is 0 Å². The number of para-hydroxylation sites is 1. The SMILES string of the molecule is O=c1[nH]c2ccccc2c2ccc(-c3ccccc3)nc12. The van der Waals surface area contributed by atoms with E-state index in [4.69, 9.17) is 0 Å². The summed E-state index contributed by atoms with van der Waals surface area (Å²) in [5.74, 6) is 0. The number of pyridine rings is 2. The Morgan fingerprint density at radius 3 is 2.38 bits per heavy atom. The molecule has 4 aromatic rings. The Morgan fingerprint density at radius 1 is 0.762 bits per heavy atom. The molecule has 0 saturated carbocycles. The number of nitrogens with zero attached hydrogens (tertiary/aromatic N) is 1. The fourth-order valence-corrected chi connectivity index (χ4v) is 2.63. The van der Waals surface area contributed by atoms with Crippen molar-refractivity contribution in [2.45, 2.75) is 0 Å². The monoisotopic (exact) mass is 272 g/mol. The first-order valence-corrected chi connectivity index (χ1v) is 6.80. The van der Waals surface area contributed by atoms with Crippen LogP contribution in [0.25, 0.3) is 33.1 Å². The minimum absolute atomic E-state index is 0.151. The molecule has 0 atom stereocenters. The molecular formula is C18H12N2O. The van der Waals surface area contributed by atoms with Gasteiger partial charge >= 0.3 is 0 Å². The molecule has 0 aliphatic heterocycles. The van der Waals surface area contributed by atoms with Crippen LogP contribution in [-0.2, 0) is 0 Å². The van der Waals surface area contributed by atoms with Gasteiger partial charge in [-0.25, -0.2) is 4.98 Å². The molecule has 4 rings (SSSR count). The smallest absolute Gasteiger partial charge is 0.274 e. The van der Waals surface area contributed by atoms with Crippen LogP contribution in [0.15, 0.2) is 71.5 Å². The summed E-state index contributed by atoms with van der Waals surface area (Å²) in [5.41, 5.74) is 2.98. The molecule has 1 N–H and O–H groups in total. The molecule has 2 heterocycles. The van der Waals surface area contributed by atoms with Crippen molar-refractivity contribution in [1.82, 2.24) is 9.97 Å². The molecule has 0 bridgehead atoms. The number of rotatable bonds is 1. The van der Waals surface area contributed by atoms with Crippen molar-refractivity contribution in [3.05, 3.63) is 77.1 Å². The van der Waals surface area contributed by atoms with Gasteiger partial charge in [0.15, 0.2) is 0 Å². The summed E-state index contributed by atoms with van der Waals surface area (Å²) < 4.78 is 0. The fourth-order valence-electron chi connectivity index (χ4n) is 2.63. The molecule has 0 fully saturated rings. The normalized spacial score (nSPS) is 11.0. The maximum atomic E-state index is 12.3. The van der Waals surface area contributed by atoms with Crippen molar-refractivity contribution in [1.29, 1.82) is 0 Å². The van der Waals surface area contributed by atoms with Crippen molar-refractivity contribution in [2.75, 3.05) is 0 Å². The van der Waals surface area contributed by atoms with Crippen LogP contribution in [-0.4, -0.2) is 9.97 Å². The molecule has 2 aromatic carbocycles. The molecule has 3 heteroatoms. The summed E-state index contributed by atoms with van der Waals surface area (Å²) in [4.78, 5) is 19.7. The van der Waals surface area contributed by atoms with E-state index >= 15 is 0 Å². The van der Waals surface area contributed by atoms with Crippen LogP contribution in [0.3, 0.4) is 0 Å². The predicted molar refractivity (Wildman–Crippen MR) is 85.3 cm³/mol. The maximum absolute atomic E-state index is 12.3. The van der Waals surface area contributed by atoms with Crippen LogP contribution >= 0.6 is 0 Å². The molecule has 0 radical (unpaired) electrons. The molecule has 0 saturated heterocycles. The molecular weight excluding hydrogens is 260 g/mol. The first-order chi connectivity index (χ1) is 10.3. The summed E-state index contributed by atoms with van der Waals surface area (Å²) in [6.45, 7) is 0. The molecule has 0 aliphatic rings. The average Bonchev–Trinajstić information content (AvgIpc) is 2.55. The van der Waals surface area contributed by atoms with Crippen molar-refractivity contribution in [3.63, 3.8) is 0 Å². The van der Waals surface area contributed by atoms with Crippen molar-refractivity contribution >= 4 is 21.8 Å². The number of hydrogen-bond acceptors (Lipinski definition) is 2. The van der Waals surface area contributed by atoms with Gasteiger partial charge in [0.2, 0.25) is 0 Å². The standard InChI is InChI=1S/C18H12N2O/c21-18-17-14(13-8-4-5-9-16(13)20-18)10-11-15(19-17)12-6-2-1-3-7-12/h1-11H,(H,20,21). The van der Waals surface area contributed by atoms with E-state index in [1.165, 1.54) is 0 Å². The first kappa shape index (κ1) is 11.9. The van der Waals surface area contributed by atoms with E-state index in [0.29, 0.717) is 5.52 Å². The topological polar surface area (TPSA) is 45.8 Å². The highest BCUT2D eigenvalue weighted by molar-refractivity contribution is 6.04. The van der Waals surface area contributed by atoms with Crippen LogP contribution in [0.1, 0.15) is 0 Å². The molecule has 0 aliphatic carbocycles. The van der Waals surface area contributed by atoms with E-state index in [2.05, 4.69) is 9.97 Å². The van der Waals surface area contributed by atoms with Gasteiger partial charge in [0.05, 0.1) is 5.69 Å². The van der Waals surface area contributed by atoms with Gasteiger partial charge in [-0.05, 0) is 18.2 Å². The summed E-state index contributed by atoms with van der Waals surface area (Å²) in [6, 6.07) is 21.6. The van der Waals surface area contributed by atoms with E-state index in [9.17, 15) is 4.79 Å². The molecule has 3 nitrogen and oxygen atoms in total. The van der Waals surface area contributed by atoms with Gasteiger partial charge in [0.1, 0.15) is 5.52 Å². The Kier molecular flexibility index (Phi) is 2.57. The largest absolute Gasteiger partial charge is 0.320 e. The number of hydrogen-bond donors (Lipinski definition) is 1. The second-order valence-corrected chi connectivity index (χ2v) is 4.96. The minimum Gasteiger partial charge on any atom is -0.320 e. The van der Waals surface area contributed by atoms with Crippen LogP contribution < -0.4 is 5.56 Å². The Labute approximate surface area is 120 Å². The first-order valence-electron chi connectivity index (χ1n) is 6.80. The van der Waals surface area contributed by atoms with Crippen molar-refractivity contribution in [2.24, 2.45) is 0 Å². The molecule has 0 amide bonds. The quantitative estimate of drug-likeness (QED) is 0.536. The second-order valence-electron chi connectivity index (χ2n) is 4.96. The number of aromatic nitrogens is 2. The Bertz CT molecular complexity index is 1000. The van der Waals surface area contributed by atoms with Crippen LogP contribution in [0.5, 0.6) is 0 Å². The summed E-state index contributed by atoms with van der Waals surface area (Å²) in [5, 5.41) is 1.90. The van der Waals surface area contributed by atoms with Gasteiger partial charge in [-0.3, -0.25) is 4.79 Å². The lowest BCUT2D eigenvalue weighted by Crippen LogP contribution is -2.08. The molecule has 0 spiro atoms. The van der Waals surface area contributed by atoms with Gasteiger partial charge in [-0.2, -0.15) is 0 Å². The number of aromatic amines is 1. The van der Waals surface area contributed by atoms with Gasteiger partial charge in [0, 0.05) is 21.9 Å². The number of benzene rings is 2. The number of fused-ring (bicyclic) bond motifs is 3. The summed E-state index contributed by atoms with van der Waals surface area (Å²) >= 11 is 0. The second kappa shape index (κ2) is 4.56. The van der Waals surface area contributed by atoms with E-state index in [1.54, 1.807) is 0 Å². The molecule has 0 unspecified atom stereocenters. The lowest BCUT2D eigenvalue weighted by molar-refractivity contribution is 1.29. The highest BCUT2D eigenvalue weighted by Crippen LogP contribution is 2.23. The zero-order chi connectivity index (χ0) is 14.2. The van der Waals surface area contributed by atoms with E-state index in [0.717, 1.165) is 27.5 Å². The predicted octanol–water partition coefficient (Wildman–Crippen LogP) is 3.74. The van der Waals surface area contributed by atoms with E-state index < -0.39 is 0 Å². The highest BCUT2D eigenvalue weighted by atomic mass is 16.1. The van der Waals surface area contributed by atoms with Gasteiger partial charge < -0.3 is 4.98 Å². The zero-order valence-corrected chi connectivity index (χ0v) is 11.2. The maximum Gasteiger partial charge on any atom is 0.274 e. The minimum atomic E-state index is -0.151. The molecule has 100 valence electrons. The third-order valence-electron chi connectivity index (χ3n) is 3.65. The lowest BCUT2D eigenvalue weighted by Gasteiger charge is -2.05. The van der Waals surface area contributed by atoms with Crippen molar-refractivity contribution in [3.8, 4) is 11.3 Å². The molecule has 2 aromatic heterocycles. The van der Waals surface area contributed by atoms with Crippen LogP contribution in [0.2, 0.25) is 0 Å². The Morgan fingerprint density at radius 2 is 1.52 bits per heavy atom. The Hall–Kier alpha value is -2.94. The Balaban J connectivity index is 2.07. The van der Waals surface area contributed by atoms with Gasteiger partial charge in [0.25, 0.3) is 5.56 Å². The van der Waals surface area contributed by atoms with Gasteiger partial charge in [-0.1, -0.05) is 48.5 Å². The molecule has 21 heavy (non-hydrogen) atoms. The third-order valence-corrected chi connectivity index (χ3v) is 3.65. The highest BCUT2D eigenvalue weighted by Gasteiger charge is 2.08. The summed E-state index contributed by atoms with van der Waals surface area (Å²) in [7, 11) is 0. The fraction of sp³-hybridized carbons (Fsp3) is 0. The number of H-pyrrole nitrogens is 1. The average molecular weight is 272 g/mol. The lowest BCUT2D eigenvalue weighted by atomic mass is 10.1. The van der Waals surface area contributed by atoms with E-state index in [-0.39, 0.29) is 5.56 Å². The third kappa shape index (κ3) is 1.91. The van der Waals surface area contributed by atoms with E-state index in [1.807, 2.05) is 66.7 Å². The van der Waals surface area contributed by atoms with Crippen LogP contribution in [0.4, 0.5) is 0 Å².